The van der Waals surface area contributed by atoms with Crippen molar-refractivity contribution in [3.63, 3.8) is 0 Å². The molecule has 0 atom stereocenters. The van der Waals surface area contributed by atoms with Crippen molar-refractivity contribution in [2.75, 3.05) is 6.61 Å². The van der Waals surface area contributed by atoms with E-state index in [2.05, 4.69) is 11.1 Å². The van der Waals surface area contributed by atoms with Crippen LogP contribution in [-0.4, -0.2) is 23.4 Å². The first kappa shape index (κ1) is 23.8. The summed E-state index contributed by atoms with van der Waals surface area (Å²) in [5, 5.41) is 11.1. The number of nitrogens with zero attached hydrogens (tertiary/aromatic N) is 3. The maximum absolute atomic E-state index is 12.3. The van der Waals surface area contributed by atoms with Gasteiger partial charge in [0, 0.05) is 39.5 Å². The predicted octanol–water partition coefficient (Wildman–Crippen LogP) is 7.06. The topological polar surface area (TPSA) is 80.5 Å². The quantitative estimate of drug-likeness (QED) is 0.182. The third-order valence-electron chi connectivity index (χ3n) is 6.28. The van der Waals surface area contributed by atoms with Crippen LogP contribution in [0.15, 0.2) is 94.3 Å². The lowest BCUT2D eigenvalue weighted by Gasteiger charge is -2.07. The number of hydrogen-bond donors (Lipinski definition) is 0. The van der Waals surface area contributed by atoms with Gasteiger partial charge in [0.15, 0.2) is 0 Å². The Morgan fingerprint density at radius 3 is 2.32 bits per heavy atom. The summed E-state index contributed by atoms with van der Waals surface area (Å²) in [7, 11) is 0. The van der Waals surface area contributed by atoms with E-state index in [1.807, 2.05) is 96.4 Å². The van der Waals surface area contributed by atoms with E-state index < -0.39 is 0 Å². The fourth-order valence-corrected chi connectivity index (χ4v) is 4.57. The van der Waals surface area contributed by atoms with Gasteiger partial charge in [-0.15, -0.1) is 0 Å². The number of ether oxygens (including phenoxy) is 1. The minimum Gasteiger partial charge on any atom is -0.465 e. The Morgan fingerprint density at radius 1 is 1.00 bits per heavy atom. The maximum Gasteiger partial charge on any atom is 0.325 e. The van der Waals surface area contributed by atoms with Crippen molar-refractivity contribution in [2.45, 2.75) is 20.4 Å². The van der Waals surface area contributed by atoms with Gasteiger partial charge in [0.05, 0.1) is 6.61 Å². The molecular weight excluding hydrogens is 462 g/mol. The van der Waals surface area contributed by atoms with Crippen molar-refractivity contribution in [1.82, 2.24) is 4.57 Å². The second-order valence-electron chi connectivity index (χ2n) is 8.50. The van der Waals surface area contributed by atoms with Gasteiger partial charge in [0.1, 0.15) is 23.9 Å². The van der Waals surface area contributed by atoms with Crippen LogP contribution in [0.25, 0.3) is 33.4 Å². The smallest absolute Gasteiger partial charge is 0.325 e. The highest BCUT2D eigenvalue weighted by molar-refractivity contribution is 6.02. The van der Waals surface area contributed by atoms with Crippen LogP contribution in [0.5, 0.6) is 0 Å². The molecule has 0 bridgehead atoms. The molecule has 0 amide bonds. The molecule has 0 aliphatic heterocycles. The summed E-state index contributed by atoms with van der Waals surface area (Å²) in [6.07, 6.45) is 1.71. The van der Waals surface area contributed by atoms with Crippen LogP contribution < -0.4 is 0 Å². The van der Waals surface area contributed by atoms with E-state index >= 15 is 0 Å². The molecular formula is C31H25N3O3. The number of rotatable bonds is 7. The van der Waals surface area contributed by atoms with Crippen LogP contribution in [-0.2, 0) is 16.1 Å². The van der Waals surface area contributed by atoms with E-state index in [1.54, 1.807) is 13.1 Å². The third-order valence-corrected chi connectivity index (χ3v) is 6.28. The molecule has 3 aromatic carbocycles. The molecule has 5 rings (SSSR count). The molecule has 6 nitrogen and oxygen atoms in total. The molecule has 0 radical (unpaired) electrons. The van der Waals surface area contributed by atoms with Crippen molar-refractivity contribution >= 4 is 29.0 Å². The summed E-state index contributed by atoms with van der Waals surface area (Å²) in [5.41, 5.74) is 5.45. The number of benzene rings is 3. The number of carbonyl (C=O) groups excluding carboxylic acids is 1. The van der Waals surface area contributed by atoms with Crippen LogP contribution in [0.4, 0.5) is 5.88 Å². The van der Waals surface area contributed by atoms with Crippen molar-refractivity contribution < 1.29 is 13.9 Å². The van der Waals surface area contributed by atoms with Crippen LogP contribution in [0.2, 0.25) is 0 Å². The first-order valence-corrected chi connectivity index (χ1v) is 12.1. The van der Waals surface area contributed by atoms with Gasteiger partial charge < -0.3 is 13.7 Å². The van der Waals surface area contributed by atoms with Crippen molar-refractivity contribution in [1.29, 1.82) is 5.26 Å². The fourth-order valence-electron chi connectivity index (χ4n) is 4.57. The number of aromatic nitrogens is 1. The summed E-state index contributed by atoms with van der Waals surface area (Å²) >= 11 is 0. The van der Waals surface area contributed by atoms with Gasteiger partial charge in [-0.05, 0) is 25.5 Å². The molecule has 0 aliphatic carbocycles. The van der Waals surface area contributed by atoms with Gasteiger partial charge >= 0.3 is 5.97 Å². The SMILES string of the molecule is CCOC(=O)Cn1c(C)c(/C=N/c2oc(-c3ccccc3)c(-c3ccccc3)c2C#N)c2ccccc21. The van der Waals surface area contributed by atoms with E-state index in [0.29, 0.717) is 23.5 Å². The third kappa shape index (κ3) is 4.55. The molecule has 37 heavy (non-hydrogen) atoms. The number of aliphatic imine (C=N–C) groups is 1. The average molecular weight is 488 g/mol. The lowest BCUT2D eigenvalue weighted by atomic mass is 9.98. The lowest BCUT2D eigenvalue weighted by molar-refractivity contribution is -0.143. The Labute approximate surface area is 215 Å². The van der Waals surface area contributed by atoms with Crippen LogP contribution in [0.3, 0.4) is 0 Å². The Kier molecular flexibility index (Phi) is 6.69. The van der Waals surface area contributed by atoms with Crippen molar-refractivity contribution in [3.8, 4) is 28.5 Å². The standard InChI is InChI=1S/C31H25N3O3/c1-3-36-28(35)20-34-21(2)26(24-16-10-11-17-27(24)34)19-33-31-25(18-32)29(22-12-6-4-7-13-22)30(37-31)23-14-8-5-9-15-23/h4-17,19H,3,20H2,1-2H3/b33-19+. The fraction of sp³-hybridized carbons (Fsp3) is 0.129. The Hall–Kier alpha value is -4.89. The van der Waals surface area contributed by atoms with Gasteiger partial charge in [-0.25, -0.2) is 4.99 Å². The van der Waals surface area contributed by atoms with Crippen LogP contribution in [0.1, 0.15) is 23.7 Å². The summed E-state index contributed by atoms with van der Waals surface area (Å²) in [6.45, 7) is 4.17. The normalized spacial score (nSPS) is 11.2. The van der Waals surface area contributed by atoms with Crippen molar-refractivity contribution in [3.05, 3.63) is 102 Å². The molecule has 5 aromatic rings. The maximum atomic E-state index is 12.3. The molecule has 0 unspecified atom stereocenters. The number of nitriles is 1. The highest BCUT2D eigenvalue weighted by Crippen LogP contribution is 2.42. The van der Waals surface area contributed by atoms with Crippen LogP contribution in [0, 0.1) is 18.3 Å². The molecule has 0 N–H and O–H groups in total. The largest absolute Gasteiger partial charge is 0.465 e. The molecule has 2 heterocycles. The van der Waals surface area contributed by atoms with E-state index in [-0.39, 0.29) is 18.4 Å². The van der Waals surface area contributed by atoms with Crippen molar-refractivity contribution in [2.24, 2.45) is 4.99 Å². The van der Waals surface area contributed by atoms with E-state index in [4.69, 9.17) is 9.15 Å². The van der Waals surface area contributed by atoms with Gasteiger partial charge in [0.2, 0.25) is 5.88 Å². The number of carbonyl (C=O) groups is 1. The Balaban J connectivity index is 1.65. The summed E-state index contributed by atoms with van der Waals surface area (Å²) in [6, 6.07) is 29.6. The zero-order chi connectivity index (χ0) is 25.8. The van der Waals surface area contributed by atoms with Gasteiger partial charge in [-0.1, -0.05) is 78.9 Å². The molecule has 0 fully saturated rings. The number of para-hydroxylation sites is 1. The number of furan rings is 1. The van der Waals surface area contributed by atoms with E-state index in [9.17, 15) is 10.1 Å². The zero-order valence-corrected chi connectivity index (χ0v) is 20.6. The molecule has 0 saturated carbocycles. The van der Waals surface area contributed by atoms with Gasteiger partial charge in [-0.3, -0.25) is 4.79 Å². The van der Waals surface area contributed by atoms with Gasteiger partial charge in [-0.2, -0.15) is 5.26 Å². The molecule has 0 spiro atoms. The highest BCUT2D eigenvalue weighted by atomic mass is 16.5. The van der Waals surface area contributed by atoms with Gasteiger partial charge in [0.25, 0.3) is 0 Å². The Morgan fingerprint density at radius 2 is 1.65 bits per heavy atom. The Bertz CT molecular complexity index is 1640. The molecule has 182 valence electrons. The molecule has 0 saturated heterocycles. The molecule has 0 aliphatic rings. The van der Waals surface area contributed by atoms with E-state index in [0.717, 1.165) is 33.3 Å². The predicted molar refractivity (Wildman–Crippen MR) is 145 cm³/mol. The molecule has 6 heteroatoms. The second-order valence-corrected chi connectivity index (χ2v) is 8.50. The summed E-state index contributed by atoms with van der Waals surface area (Å²) in [4.78, 5) is 16.9. The minimum absolute atomic E-state index is 0.106. The minimum atomic E-state index is -0.298. The second kappa shape index (κ2) is 10.4. The number of hydrogen-bond acceptors (Lipinski definition) is 5. The zero-order valence-electron chi connectivity index (χ0n) is 20.6. The highest BCUT2D eigenvalue weighted by Gasteiger charge is 2.23. The summed E-state index contributed by atoms with van der Waals surface area (Å²) < 4.78 is 13.4. The monoisotopic (exact) mass is 487 g/mol. The molecule has 2 aromatic heterocycles. The van der Waals surface area contributed by atoms with Crippen LogP contribution >= 0.6 is 0 Å². The first-order chi connectivity index (χ1) is 18.1. The van der Waals surface area contributed by atoms with E-state index in [1.165, 1.54) is 0 Å². The summed E-state index contributed by atoms with van der Waals surface area (Å²) in [5.74, 6) is 0.534. The average Bonchev–Trinajstić information content (AvgIpc) is 3.43. The number of fused-ring (bicyclic) bond motifs is 1. The lowest BCUT2D eigenvalue weighted by Crippen LogP contribution is -2.14. The first-order valence-electron chi connectivity index (χ1n) is 12.1. The number of esters is 1.